The fraction of sp³-hybridized carbons (Fsp3) is 0.464. The van der Waals surface area contributed by atoms with Gasteiger partial charge in [0.15, 0.2) is 0 Å². The largest absolute Gasteiger partial charge is 0.508 e. The van der Waals surface area contributed by atoms with Crippen molar-refractivity contribution in [3.8, 4) is 17.2 Å². The van der Waals surface area contributed by atoms with Gasteiger partial charge in [0.25, 0.3) is 5.91 Å². The van der Waals surface area contributed by atoms with Gasteiger partial charge < -0.3 is 30.3 Å². The number of phenolic OH excluding ortho intramolecular Hbond substituents is 3. The molecule has 0 saturated carbocycles. The van der Waals surface area contributed by atoms with Crippen LogP contribution in [0.15, 0.2) is 42.0 Å². The van der Waals surface area contributed by atoms with Gasteiger partial charge in [-0.1, -0.05) is 31.1 Å². The van der Waals surface area contributed by atoms with Gasteiger partial charge >= 0.3 is 0 Å². The highest BCUT2D eigenvalue weighted by Gasteiger charge is 2.46. The van der Waals surface area contributed by atoms with Crippen molar-refractivity contribution in [2.75, 3.05) is 16.8 Å². The topological polar surface area (TPSA) is 106 Å². The molecule has 2 atom stereocenters. The molecule has 0 radical (unpaired) electrons. The van der Waals surface area contributed by atoms with Crippen LogP contribution < -0.4 is 10.2 Å². The summed E-state index contributed by atoms with van der Waals surface area (Å²) in [6, 6.07) is 7.37. The molecule has 2 aliphatic rings. The van der Waals surface area contributed by atoms with E-state index in [0.29, 0.717) is 23.3 Å². The molecule has 2 aromatic rings. The van der Waals surface area contributed by atoms with Crippen LogP contribution in [0.1, 0.15) is 70.2 Å². The lowest BCUT2D eigenvalue weighted by Crippen LogP contribution is -2.30. The van der Waals surface area contributed by atoms with E-state index in [1.807, 2.05) is 6.08 Å². The first kappa shape index (κ1) is 24.9. The van der Waals surface area contributed by atoms with Gasteiger partial charge in [0.05, 0.1) is 28.6 Å². The lowest BCUT2D eigenvalue weighted by molar-refractivity contribution is 0.0991. The molecular weight excluding hydrogens is 444 g/mol. The van der Waals surface area contributed by atoms with E-state index in [-0.39, 0.29) is 46.7 Å². The summed E-state index contributed by atoms with van der Waals surface area (Å²) in [7, 11) is 0. The minimum absolute atomic E-state index is 0.0603. The molecule has 0 spiro atoms. The number of ether oxygens (including phenoxy) is 1. The zero-order valence-electron chi connectivity index (χ0n) is 21.0. The molecule has 0 aliphatic carbocycles. The van der Waals surface area contributed by atoms with Crippen molar-refractivity contribution in [3.05, 3.63) is 47.5 Å². The molecule has 1 amide bonds. The van der Waals surface area contributed by atoms with Crippen molar-refractivity contribution < 1.29 is 24.9 Å². The van der Waals surface area contributed by atoms with Gasteiger partial charge in [-0.2, -0.15) is 0 Å². The predicted molar refractivity (Wildman–Crippen MR) is 138 cm³/mol. The summed E-state index contributed by atoms with van der Waals surface area (Å²) in [6.07, 6.45) is 7.85. The molecule has 2 heterocycles. The highest BCUT2D eigenvalue weighted by Crippen LogP contribution is 2.45. The third-order valence-electron chi connectivity index (χ3n) is 7.12. The SMILES string of the molecule is C/C(=C\CN1C(=O)c2cccc(O)c2Nc2c(O)cc(O)cc21)CCCC(C)CCC1OC1(C)C. The summed E-state index contributed by atoms with van der Waals surface area (Å²) in [5.74, 6) is -0.124. The number of phenols is 3. The highest BCUT2D eigenvalue weighted by molar-refractivity contribution is 6.15. The molecule has 188 valence electrons. The first-order valence-electron chi connectivity index (χ1n) is 12.4. The van der Waals surface area contributed by atoms with Gasteiger partial charge in [-0.15, -0.1) is 0 Å². The standard InChI is InChI=1S/C28H36N2O5/c1-17(11-12-24-28(3,4)35-24)7-5-8-18(2)13-14-30-21-15-19(31)16-23(33)26(21)29-25-20(27(30)34)9-6-10-22(25)32/h6,9-10,13,15-17,24,29,31-33H,5,7-8,11-12,14H2,1-4H3/b18-13+. The third-order valence-corrected chi connectivity index (χ3v) is 7.12. The smallest absolute Gasteiger partial charge is 0.260 e. The molecule has 7 nitrogen and oxygen atoms in total. The monoisotopic (exact) mass is 480 g/mol. The lowest BCUT2D eigenvalue weighted by Gasteiger charge is -2.22. The van der Waals surface area contributed by atoms with Crippen molar-refractivity contribution in [1.29, 1.82) is 0 Å². The van der Waals surface area contributed by atoms with Crippen LogP contribution >= 0.6 is 0 Å². The molecule has 1 fully saturated rings. The van der Waals surface area contributed by atoms with E-state index in [4.69, 9.17) is 4.74 Å². The average molecular weight is 481 g/mol. The number of aromatic hydroxyl groups is 3. The van der Waals surface area contributed by atoms with Crippen LogP contribution in [0.25, 0.3) is 0 Å². The first-order chi connectivity index (χ1) is 16.6. The summed E-state index contributed by atoms with van der Waals surface area (Å²) in [5.41, 5.74) is 2.38. The van der Waals surface area contributed by atoms with Crippen LogP contribution in [0.3, 0.4) is 0 Å². The zero-order chi connectivity index (χ0) is 25.3. The van der Waals surface area contributed by atoms with E-state index in [2.05, 4.69) is 33.0 Å². The quantitative estimate of drug-likeness (QED) is 0.147. The predicted octanol–water partition coefficient (Wildman–Crippen LogP) is 6.22. The maximum absolute atomic E-state index is 13.4. The Morgan fingerprint density at radius 3 is 2.63 bits per heavy atom. The molecule has 35 heavy (non-hydrogen) atoms. The van der Waals surface area contributed by atoms with Gasteiger partial charge in [0, 0.05) is 18.7 Å². The van der Waals surface area contributed by atoms with Gasteiger partial charge in [0.1, 0.15) is 22.9 Å². The maximum Gasteiger partial charge on any atom is 0.260 e. The molecule has 2 unspecified atom stereocenters. The Morgan fingerprint density at radius 1 is 1.17 bits per heavy atom. The number of amides is 1. The van der Waals surface area contributed by atoms with Crippen LogP contribution in [0.5, 0.6) is 17.2 Å². The summed E-state index contributed by atoms with van der Waals surface area (Å²) >= 11 is 0. The Kier molecular flexibility index (Phi) is 6.99. The molecule has 0 aromatic heterocycles. The van der Waals surface area contributed by atoms with E-state index in [9.17, 15) is 20.1 Å². The molecule has 2 aliphatic heterocycles. The van der Waals surface area contributed by atoms with Crippen molar-refractivity contribution >= 4 is 23.0 Å². The van der Waals surface area contributed by atoms with Crippen LogP contribution in [-0.2, 0) is 4.74 Å². The number of para-hydroxylation sites is 1. The summed E-state index contributed by atoms with van der Waals surface area (Å²) in [6.45, 7) is 8.92. The van der Waals surface area contributed by atoms with Crippen molar-refractivity contribution in [1.82, 2.24) is 0 Å². The Hall–Kier alpha value is -3.19. The number of benzene rings is 2. The van der Waals surface area contributed by atoms with Crippen molar-refractivity contribution in [2.45, 2.75) is 71.5 Å². The Balaban J connectivity index is 1.43. The average Bonchev–Trinajstić information content (AvgIpc) is 3.43. The Bertz CT molecular complexity index is 1140. The molecule has 2 aromatic carbocycles. The van der Waals surface area contributed by atoms with Gasteiger partial charge in [-0.3, -0.25) is 4.79 Å². The number of nitrogens with one attached hydrogen (secondary N) is 1. The summed E-state index contributed by atoms with van der Waals surface area (Å²) in [5, 5.41) is 33.9. The Morgan fingerprint density at radius 2 is 1.91 bits per heavy atom. The maximum atomic E-state index is 13.4. The number of rotatable bonds is 9. The van der Waals surface area contributed by atoms with E-state index < -0.39 is 0 Å². The fourth-order valence-electron chi connectivity index (χ4n) is 4.75. The number of epoxide rings is 1. The summed E-state index contributed by atoms with van der Waals surface area (Å²) < 4.78 is 5.68. The van der Waals surface area contributed by atoms with Crippen LogP contribution in [0.4, 0.5) is 17.1 Å². The second-order valence-corrected chi connectivity index (χ2v) is 10.4. The second-order valence-electron chi connectivity index (χ2n) is 10.4. The molecule has 0 bridgehead atoms. The fourth-order valence-corrected chi connectivity index (χ4v) is 4.75. The molecular formula is C28H36N2O5. The first-order valence-corrected chi connectivity index (χ1v) is 12.4. The number of nitrogens with zero attached hydrogens (tertiary/aromatic N) is 1. The number of hydrogen-bond acceptors (Lipinski definition) is 6. The third kappa shape index (κ3) is 5.56. The molecule has 4 N–H and O–H groups in total. The van der Waals surface area contributed by atoms with Crippen LogP contribution in [0.2, 0.25) is 0 Å². The molecule has 7 heteroatoms. The number of carbonyl (C=O) groups excluding carboxylic acids is 1. The number of fused-ring (bicyclic) bond motifs is 2. The van der Waals surface area contributed by atoms with Crippen LogP contribution in [0, 0.1) is 5.92 Å². The highest BCUT2D eigenvalue weighted by atomic mass is 16.6. The van der Waals surface area contributed by atoms with Gasteiger partial charge in [0.2, 0.25) is 0 Å². The molecule has 4 rings (SSSR count). The number of carbonyl (C=O) groups is 1. The van der Waals surface area contributed by atoms with Gasteiger partial charge in [-0.05, 0) is 64.5 Å². The summed E-state index contributed by atoms with van der Waals surface area (Å²) in [4.78, 5) is 15.0. The van der Waals surface area contributed by atoms with Gasteiger partial charge in [-0.25, -0.2) is 0 Å². The normalized spacial score (nSPS) is 19.4. The van der Waals surface area contributed by atoms with E-state index in [0.717, 1.165) is 25.7 Å². The van der Waals surface area contributed by atoms with Crippen molar-refractivity contribution in [3.63, 3.8) is 0 Å². The minimum atomic E-state index is -0.324. The Labute approximate surface area is 207 Å². The number of hydrogen-bond donors (Lipinski definition) is 4. The van der Waals surface area contributed by atoms with Crippen LogP contribution in [-0.4, -0.2) is 39.5 Å². The second kappa shape index (κ2) is 9.82. The number of anilines is 3. The lowest BCUT2D eigenvalue weighted by atomic mass is 9.94. The number of allylic oxidation sites excluding steroid dienone is 1. The van der Waals surface area contributed by atoms with Crippen molar-refractivity contribution in [2.24, 2.45) is 5.92 Å². The minimum Gasteiger partial charge on any atom is -0.508 e. The molecule has 1 saturated heterocycles. The van der Waals surface area contributed by atoms with E-state index in [1.54, 1.807) is 12.1 Å². The zero-order valence-corrected chi connectivity index (χ0v) is 21.0. The van der Waals surface area contributed by atoms with E-state index >= 15 is 0 Å². The van der Waals surface area contributed by atoms with E-state index in [1.165, 1.54) is 35.1 Å².